The van der Waals surface area contributed by atoms with E-state index in [1.54, 1.807) is 19.5 Å². The lowest BCUT2D eigenvalue weighted by atomic mass is 9.78. The molecule has 1 aromatic heterocycles. The number of methoxy groups -OCH3 is 1. The van der Waals surface area contributed by atoms with Gasteiger partial charge in [-0.25, -0.2) is 0 Å². The molecule has 0 spiro atoms. The topological polar surface area (TPSA) is 63.2 Å². The number of ether oxygens (including phenoxy) is 1. The van der Waals surface area contributed by atoms with Crippen LogP contribution in [0, 0.1) is 5.41 Å². The molecule has 19 heavy (non-hydrogen) atoms. The van der Waals surface area contributed by atoms with Gasteiger partial charge in [0.2, 0.25) is 5.91 Å². The van der Waals surface area contributed by atoms with Gasteiger partial charge in [0.25, 0.3) is 0 Å². The van der Waals surface area contributed by atoms with E-state index >= 15 is 0 Å². The summed E-state index contributed by atoms with van der Waals surface area (Å²) in [4.78, 5) is 16.4. The van der Waals surface area contributed by atoms with Crippen molar-refractivity contribution in [2.24, 2.45) is 5.41 Å². The van der Waals surface area contributed by atoms with Gasteiger partial charge >= 0.3 is 0 Å². The van der Waals surface area contributed by atoms with Crippen LogP contribution in [-0.4, -0.2) is 37.7 Å². The smallest absolute Gasteiger partial charge is 0.228 e. The summed E-state index contributed by atoms with van der Waals surface area (Å²) >= 11 is 0. The van der Waals surface area contributed by atoms with Crippen LogP contribution < -0.4 is 10.6 Å². The summed E-state index contributed by atoms with van der Waals surface area (Å²) in [5.41, 5.74) is 0.678. The second-order valence-electron chi connectivity index (χ2n) is 5.00. The molecule has 0 aromatic carbocycles. The first kappa shape index (κ1) is 14.0. The third kappa shape index (κ3) is 3.52. The van der Waals surface area contributed by atoms with Crippen molar-refractivity contribution in [3.63, 3.8) is 0 Å². The maximum Gasteiger partial charge on any atom is 0.228 e. The van der Waals surface area contributed by atoms with Crippen LogP contribution in [-0.2, 0) is 16.1 Å². The number of hydrogen-bond acceptors (Lipinski definition) is 4. The lowest BCUT2D eigenvalue weighted by Gasteiger charge is -2.35. The van der Waals surface area contributed by atoms with E-state index < -0.39 is 0 Å². The highest BCUT2D eigenvalue weighted by atomic mass is 16.5. The molecule has 5 heteroatoms. The maximum atomic E-state index is 12.4. The highest BCUT2D eigenvalue weighted by molar-refractivity contribution is 5.83. The Bertz CT molecular complexity index is 397. The predicted octanol–water partition coefficient (Wildman–Crippen LogP) is 0.714. The largest absolute Gasteiger partial charge is 0.384 e. The van der Waals surface area contributed by atoms with Gasteiger partial charge < -0.3 is 15.4 Å². The zero-order chi connectivity index (χ0) is 13.6. The van der Waals surface area contributed by atoms with Crippen molar-refractivity contribution < 1.29 is 9.53 Å². The summed E-state index contributed by atoms with van der Waals surface area (Å²) in [5.74, 6) is 0.0904. The number of nitrogens with zero attached hydrogens (tertiary/aromatic N) is 1. The molecule has 0 atom stereocenters. The van der Waals surface area contributed by atoms with Gasteiger partial charge in [-0.05, 0) is 43.6 Å². The predicted molar refractivity (Wildman–Crippen MR) is 72.5 cm³/mol. The van der Waals surface area contributed by atoms with Crippen molar-refractivity contribution >= 4 is 5.91 Å². The molecule has 1 aromatic rings. The Morgan fingerprint density at radius 2 is 2.11 bits per heavy atom. The molecule has 2 N–H and O–H groups in total. The Labute approximate surface area is 113 Å². The summed E-state index contributed by atoms with van der Waals surface area (Å²) < 4.78 is 5.26. The van der Waals surface area contributed by atoms with Crippen molar-refractivity contribution in [3.05, 3.63) is 30.1 Å². The Hall–Kier alpha value is -1.46. The molecule has 2 rings (SSSR count). The number of carbonyl (C=O) groups is 1. The van der Waals surface area contributed by atoms with Gasteiger partial charge in [-0.1, -0.05) is 0 Å². The Morgan fingerprint density at radius 1 is 1.42 bits per heavy atom. The molecule has 1 fully saturated rings. The van der Waals surface area contributed by atoms with Crippen LogP contribution in [0.1, 0.15) is 18.4 Å². The highest BCUT2D eigenvalue weighted by Gasteiger charge is 2.39. The number of carbonyl (C=O) groups excluding carboxylic acids is 1. The zero-order valence-electron chi connectivity index (χ0n) is 11.3. The first-order valence-electron chi connectivity index (χ1n) is 6.64. The van der Waals surface area contributed by atoms with Crippen LogP contribution in [0.25, 0.3) is 0 Å². The molecular formula is C14H21N3O2. The molecule has 0 unspecified atom stereocenters. The van der Waals surface area contributed by atoms with Gasteiger partial charge in [0.1, 0.15) is 0 Å². The minimum Gasteiger partial charge on any atom is -0.384 e. The highest BCUT2D eigenvalue weighted by Crippen LogP contribution is 2.29. The van der Waals surface area contributed by atoms with Crippen molar-refractivity contribution in [2.45, 2.75) is 19.4 Å². The van der Waals surface area contributed by atoms with E-state index in [9.17, 15) is 4.79 Å². The Morgan fingerprint density at radius 3 is 2.74 bits per heavy atom. The van der Waals surface area contributed by atoms with E-state index in [4.69, 9.17) is 4.74 Å². The number of aromatic nitrogens is 1. The lowest BCUT2D eigenvalue weighted by Crippen LogP contribution is -2.49. The average molecular weight is 263 g/mol. The van der Waals surface area contributed by atoms with Crippen LogP contribution in [0.4, 0.5) is 0 Å². The molecule has 0 radical (unpaired) electrons. The quantitative estimate of drug-likeness (QED) is 0.821. The molecule has 5 nitrogen and oxygen atoms in total. The van der Waals surface area contributed by atoms with Crippen molar-refractivity contribution in [1.29, 1.82) is 0 Å². The van der Waals surface area contributed by atoms with Gasteiger partial charge in [0, 0.05) is 26.0 Å². The second-order valence-corrected chi connectivity index (χ2v) is 5.00. The minimum absolute atomic E-state index is 0.0904. The molecule has 104 valence electrons. The van der Waals surface area contributed by atoms with E-state index in [1.165, 1.54) is 0 Å². The number of pyridine rings is 1. The monoisotopic (exact) mass is 263 g/mol. The fraction of sp³-hybridized carbons (Fsp3) is 0.571. The maximum absolute atomic E-state index is 12.4. The fourth-order valence-corrected chi connectivity index (χ4v) is 2.49. The number of amides is 1. The number of piperidine rings is 1. The standard InChI is InChI=1S/C14H21N3O2/c1-19-11-14(4-8-16-9-5-14)13(18)17-10-12-2-6-15-7-3-12/h2-3,6-7,16H,4-5,8-11H2,1H3,(H,17,18). The number of rotatable bonds is 5. The summed E-state index contributed by atoms with van der Waals surface area (Å²) in [5, 5.41) is 6.30. The van der Waals surface area contributed by atoms with Gasteiger partial charge in [-0.2, -0.15) is 0 Å². The summed E-state index contributed by atoms with van der Waals surface area (Å²) in [6.07, 6.45) is 5.11. The van der Waals surface area contributed by atoms with Crippen LogP contribution in [0.2, 0.25) is 0 Å². The number of hydrogen-bond donors (Lipinski definition) is 2. The summed E-state index contributed by atoms with van der Waals surface area (Å²) in [7, 11) is 1.65. The lowest BCUT2D eigenvalue weighted by molar-refractivity contribution is -0.136. The Balaban J connectivity index is 1.96. The molecule has 0 bridgehead atoms. The summed E-state index contributed by atoms with van der Waals surface area (Å²) in [6.45, 7) is 2.76. The number of nitrogens with one attached hydrogen (secondary N) is 2. The third-order valence-corrected chi connectivity index (χ3v) is 3.67. The van der Waals surface area contributed by atoms with E-state index in [1.807, 2.05) is 12.1 Å². The summed E-state index contributed by atoms with van der Waals surface area (Å²) in [6, 6.07) is 3.82. The van der Waals surface area contributed by atoms with E-state index in [2.05, 4.69) is 15.6 Å². The van der Waals surface area contributed by atoms with Crippen LogP contribution >= 0.6 is 0 Å². The van der Waals surface area contributed by atoms with Crippen LogP contribution in [0.5, 0.6) is 0 Å². The average Bonchev–Trinajstić information content (AvgIpc) is 2.47. The normalized spacial score (nSPS) is 17.9. The Kier molecular flexibility index (Phi) is 4.87. The molecule has 0 aliphatic carbocycles. The van der Waals surface area contributed by atoms with E-state index in [-0.39, 0.29) is 11.3 Å². The third-order valence-electron chi connectivity index (χ3n) is 3.67. The molecule has 0 saturated carbocycles. The second kappa shape index (κ2) is 6.63. The molecule has 1 aliphatic rings. The van der Waals surface area contributed by atoms with E-state index in [0.717, 1.165) is 31.5 Å². The molecule has 1 amide bonds. The fourth-order valence-electron chi connectivity index (χ4n) is 2.49. The van der Waals surface area contributed by atoms with Crippen LogP contribution in [0.3, 0.4) is 0 Å². The first-order valence-corrected chi connectivity index (χ1v) is 6.64. The van der Waals surface area contributed by atoms with Crippen molar-refractivity contribution in [1.82, 2.24) is 15.6 Å². The minimum atomic E-state index is -0.382. The molecule has 1 aliphatic heterocycles. The van der Waals surface area contributed by atoms with Crippen molar-refractivity contribution in [3.8, 4) is 0 Å². The molecular weight excluding hydrogens is 242 g/mol. The van der Waals surface area contributed by atoms with Gasteiger partial charge in [-0.3, -0.25) is 9.78 Å². The van der Waals surface area contributed by atoms with E-state index in [0.29, 0.717) is 13.2 Å². The SMILES string of the molecule is COCC1(C(=O)NCc2ccncc2)CCNCC1. The van der Waals surface area contributed by atoms with Crippen molar-refractivity contribution in [2.75, 3.05) is 26.8 Å². The first-order chi connectivity index (χ1) is 9.27. The molecule has 1 saturated heterocycles. The van der Waals surface area contributed by atoms with Crippen LogP contribution in [0.15, 0.2) is 24.5 Å². The van der Waals surface area contributed by atoms with Gasteiger partial charge in [0.05, 0.1) is 12.0 Å². The zero-order valence-corrected chi connectivity index (χ0v) is 11.3. The molecule has 2 heterocycles. The van der Waals surface area contributed by atoms with Gasteiger partial charge in [0.15, 0.2) is 0 Å². The van der Waals surface area contributed by atoms with Gasteiger partial charge in [-0.15, -0.1) is 0 Å².